The molecule has 0 radical (unpaired) electrons. The van der Waals surface area contributed by atoms with E-state index in [1.165, 1.54) is 30.4 Å². The molecule has 0 aromatic heterocycles. The van der Waals surface area contributed by atoms with Crippen LogP contribution in [0.5, 0.6) is 0 Å². The molecule has 1 aromatic carbocycles. The van der Waals surface area contributed by atoms with Crippen molar-refractivity contribution in [3.8, 4) is 0 Å². The number of amides is 1. The van der Waals surface area contributed by atoms with Gasteiger partial charge in [-0.1, -0.05) is 37.1 Å². The highest BCUT2D eigenvalue weighted by atomic mass is 16.3. The van der Waals surface area contributed by atoms with Gasteiger partial charge < -0.3 is 10.4 Å². The summed E-state index contributed by atoms with van der Waals surface area (Å²) in [5.41, 5.74) is 2.98. The lowest BCUT2D eigenvalue weighted by Gasteiger charge is -2.32. The van der Waals surface area contributed by atoms with Gasteiger partial charge in [0.1, 0.15) is 0 Å². The minimum atomic E-state index is 0.113. The highest BCUT2D eigenvalue weighted by Gasteiger charge is 2.60. The van der Waals surface area contributed by atoms with Crippen molar-refractivity contribution < 1.29 is 9.90 Å². The number of aliphatic hydroxyl groups is 1. The van der Waals surface area contributed by atoms with Crippen LogP contribution >= 0.6 is 0 Å². The van der Waals surface area contributed by atoms with Crippen molar-refractivity contribution in [1.82, 2.24) is 5.32 Å². The maximum atomic E-state index is 12.8. The van der Waals surface area contributed by atoms with E-state index in [0.717, 1.165) is 32.1 Å². The van der Waals surface area contributed by atoms with Gasteiger partial charge in [0.25, 0.3) is 0 Å². The Bertz CT molecular complexity index is 599. The first-order valence-electron chi connectivity index (χ1n) is 9.24. The minimum Gasteiger partial charge on any atom is -0.396 e. The number of fused-ring (bicyclic) bond motifs is 2. The molecule has 2 N–H and O–H groups in total. The highest BCUT2D eigenvalue weighted by molar-refractivity contribution is 5.85. The first kappa shape index (κ1) is 15.2. The van der Waals surface area contributed by atoms with Gasteiger partial charge in [0.15, 0.2) is 0 Å². The van der Waals surface area contributed by atoms with Crippen LogP contribution < -0.4 is 5.32 Å². The number of hydrogen-bond acceptors (Lipinski definition) is 2. The van der Waals surface area contributed by atoms with Crippen molar-refractivity contribution in [2.75, 3.05) is 6.61 Å². The normalized spacial score (nSPS) is 35.6. The molecule has 3 aliphatic carbocycles. The zero-order chi connectivity index (χ0) is 15.9. The number of aliphatic hydroxyl groups excluding tert-OH is 1. The van der Waals surface area contributed by atoms with E-state index in [1.807, 2.05) is 0 Å². The third-order valence-corrected chi connectivity index (χ3v) is 6.49. The molecule has 124 valence electrons. The number of carbonyl (C=O) groups excluding carboxylic acids is 1. The van der Waals surface area contributed by atoms with Crippen LogP contribution in [-0.2, 0) is 16.6 Å². The average molecular weight is 313 g/mol. The Morgan fingerprint density at radius 2 is 2.04 bits per heavy atom. The Kier molecular flexibility index (Phi) is 3.92. The molecule has 23 heavy (non-hydrogen) atoms. The Balaban J connectivity index is 1.48. The molecule has 1 aromatic rings. The molecule has 4 atom stereocenters. The molecule has 3 nitrogen and oxygen atoms in total. The summed E-state index contributed by atoms with van der Waals surface area (Å²) in [4.78, 5) is 12.8. The lowest BCUT2D eigenvalue weighted by atomic mass is 9.78. The lowest BCUT2D eigenvalue weighted by molar-refractivity contribution is -0.124. The molecule has 2 fully saturated rings. The molecular formula is C20H27NO2. The summed E-state index contributed by atoms with van der Waals surface area (Å²) in [6, 6.07) is 8.87. The second-order valence-corrected chi connectivity index (χ2v) is 7.77. The molecule has 3 heteroatoms. The van der Waals surface area contributed by atoms with Crippen molar-refractivity contribution in [3.05, 3.63) is 35.4 Å². The zero-order valence-corrected chi connectivity index (χ0v) is 13.8. The molecule has 0 bridgehead atoms. The Hall–Kier alpha value is -1.35. The van der Waals surface area contributed by atoms with Gasteiger partial charge in [-0.05, 0) is 49.7 Å². The largest absolute Gasteiger partial charge is 0.396 e. The summed E-state index contributed by atoms with van der Waals surface area (Å²) in [7, 11) is 0. The van der Waals surface area contributed by atoms with Crippen molar-refractivity contribution in [1.29, 1.82) is 0 Å². The van der Waals surface area contributed by atoms with Gasteiger partial charge in [0, 0.05) is 29.9 Å². The monoisotopic (exact) mass is 313 g/mol. The van der Waals surface area contributed by atoms with Crippen LogP contribution in [0.1, 0.15) is 56.1 Å². The second-order valence-electron chi connectivity index (χ2n) is 7.77. The molecule has 3 aliphatic rings. The summed E-state index contributed by atoms with van der Waals surface area (Å²) < 4.78 is 0. The highest BCUT2D eigenvalue weighted by Crippen LogP contribution is 2.60. The number of nitrogens with one attached hydrogen (secondary N) is 1. The van der Waals surface area contributed by atoms with Crippen molar-refractivity contribution in [2.45, 2.75) is 62.8 Å². The zero-order valence-electron chi connectivity index (χ0n) is 13.8. The van der Waals surface area contributed by atoms with Gasteiger partial charge in [-0.15, -0.1) is 0 Å². The number of carbonyl (C=O) groups is 1. The quantitative estimate of drug-likeness (QED) is 0.901. The SMILES string of the molecule is O=C(NC1CCCCC1CO)C1CC12CCCc1ccccc12. The van der Waals surface area contributed by atoms with Crippen LogP contribution in [0.25, 0.3) is 0 Å². The van der Waals surface area contributed by atoms with Crippen LogP contribution in [0.2, 0.25) is 0 Å². The third kappa shape index (κ3) is 2.59. The van der Waals surface area contributed by atoms with Crippen LogP contribution in [-0.4, -0.2) is 23.7 Å². The lowest BCUT2D eigenvalue weighted by Crippen LogP contribution is -2.45. The molecule has 4 rings (SSSR count). The molecule has 0 saturated heterocycles. The summed E-state index contributed by atoms with van der Waals surface area (Å²) in [6.45, 7) is 0.198. The van der Waals surface area contributed by atoms with E-state index in [9.17, 15) is 9.90 Å². The van der Waals surface area contributed by atoms with E-state index < -0.39 is 0 Å². The second kappa shape index (κ2) is 5.94. The molecule has 4 unspecified atom stereocenters. The average Bonchev–Trinajstić information content (AvgIpc) is 3.31. The molecular weight excluding hydrogens is 286 g/mol. The van der Waals surface area contributed by atoms with Crippen LogP contribution in [0, 0.1) is 11.8 Å². The van der Waals surface area contributed by atoms with E-state index in [0.29, 0.717) is 0 Å². The number of benzene rings is 1. The third-order valence-electron chi connectivity index (χ3n) is 6.49. The first-order valence-corrected chi connectivity index (χ1v) is 9.24. The van der Waals surface area contributed by atoms with Gasteiger partial charge >= 0.3 is 0 Å². The Morgan fingerprint density at radius 3 is 2.91 bits per heavy atom. The fourth-order valence-electron chi connectivity index (χ4n) is 5.08. The van der Waals surface area contributed by atoms with Crippen molar-refractivity contribution >= 4 is 5.91 Å². The molecule has 1 amide bonds. The summed E-state index contributed by atoms with van der Waals surface area (Å²) in [5, 5.41) is 12.8. The molecule has 0 heterocycles. The van der Waals surface area contributed by atoms with Crippen LogP contribution in [0.3, 0.4) is 0 Å². The van der Waals surface area contributed by atoms with Crippen molar-refractivity contribution in [3.63, 3.8) is 0 Å². The Labute approximate surface area is 138 Å². The smallest absolute Gasteiger partial charge is 0.224 e. The maximum Gasteiger partial charge on any atom is 0.224 e. The van der Waals surface area contributed by atoms with Crippen molar-refractivity contribution in [2.24, 2.45) is 11.8 Å². The van der Waals surface area contributed by atoms with E-state index in [4.69, 9.17) is 0 Å². The van der Waals surface area contributed by atoms with Gasteiger partial charge in [-0.2, -0.15) is 0 Å². The molecule has 2 saturated carbocycles. The number of rotatable bonds is 3. The van der Waals surface area contributed by atoms with E-state index in [-0.39, 0.29) is 35.8 Å². The van der Waals surface area contributed by atoms with E-state index in [1.54, 1.807) is 0 Å². The van der Waals surface area contributed by atoms with E-state index >= 15 is 0 Å². The summed E-state index contributed by atoms with van der Waals surface area (Å²) >= 11 is 0. The van der Waals surface area contributed by atoms with E-state index in [2.05, 4.69) is 29.6 Å². The van der Waals surface area contributed by atoms with Crippen LogP contribution in [0.4, 0.5) is 0 Å². The fourth-order valence-corrected chi connectivity index (χ4v) is 5.08. The number of aryl methyl sites for hydroxylation is 1. The summed E-state index contributed by atoms with van der Waals surface area (Å²) in [6.07, 6.45) is 8.92. The van der Waals surface area contributed by atoms with Gasteiger partial charge in [0.2, 0.25) is 5.91 Å². The van der Waals surface area contributed by atoms with Gasteiger partial charge in [0.05, 0.1) is 0 Å². The predicted octanol–water partition coefficient (Wildman–Crippen LogP) is 2.95. The standard InChI is InChI=1S/C20H27NO2/c22-13-15-7-2-4-10-18(15)21-19(23)17-12-20(17)11-5-8-14-6-1-3-9-16(14)20/h1,3,6,9,15,17-18,22H,2,4-5,7-8,10-13H2,(H,21,23). The van der Waals surface area contributed by atoms with Gasteiger partial charge in [-0.25, -0.2) is 0 Å². The maximum absolute atomic E-state index is 12.8. The van der Waals surface area contributed by atoms with Crippen LogP contribution in [0.15, 0.2) is 24.3 Å². The van der Waals surface area contributed by atoms with Gasteiger partial charge in [-0.3, -0.25) is 4.79 Å². The fraction of sp³-hybridized carbons (Fsp3) is 0.650. The molecule has 0 aliphatic heterocycles. The summed E-state index contributed by atoms with van der Waals surface area (Å²) in [5.74, 6) is 0.623. The first-order chi connectivity index (χ1) is 11.2. The minimum absolute atomic E-state index is 0.113. The Morgan fingerprint density at radius 1 is 1.22 bits per heavy atom. The topological polar surface area (TPSA) is 49.3 Å². The molecule has 1 spiro atoms. The predicted molar refractivity (Wildman–Crippen MR) is 90.1 cm³/mol. The number of hydrogen-bond donors (Lipinski definition) is 2.